The molecule has 14 heavy (non-hydrogen) atoms. The van der Waals surface area contributed by atoms with Crippen molar-refractivity contribution in [3.8, 4) is 0 Å². The summed E-state index contributed by atoms with van der Waals surface area (Å²) >= 11 is 3.64. The molecule has 2 nitrogen and oxygen atoms in total. The van der Waals surface area contributed by atoms with E-state index in [9.17, 15) is 0 Å². The summed E-state index contributed by atoms with van der Waals surface area (Å²) in [5.41, 5.74) is 6.69. The predicted octanol–water partition coefficient (Wildman–Crippen LogP) is 2.56. The summed E-state index contributed by atoms with van der Waals surface area (Å²) in [6, 6.07) is 1.97. The van der Waals surface area contributed by atoms with Crippen molar-refractivity contribution in [1.82, 2.24) is 5.32 Å². The molecule has 0 saturated heterocycles. The fourth-order valence-corrected chi connectivity index (χ4v) is 2.45. The smallest absolute Gasteiger partial charge is 0.0468 e. The number of thiophene rings is 1. The lowest BCUT2D eigenvalue weighted by Crippen LogP contribution is -2.14. The maximum Gasteiger partial charge on any atom is 0.0468 e. The molecule has 0 aliphatic carbocycles. The lowest BCUT2D eigenvalue weighted by Gasteiger charge is -2.03. The first-order chi connectivity index (χ1) is 6.84. The summed E-state index contributed by atoms with van der Waals surface area (Å²) in [6.07, 6.45) is 4.71. The Morgan fingerprint density at radius 3 is 3.00 bits per heavy atom. The summed E-state index contributed by atoms with van der Waals surface area (Å²) in [4.78, 5) is 1.26. The zero-order valence-electron chi connectivity index (χ0n) is 8.58. The Bertz CT molecular complexity index is 248. The summed E-state index contributed by atoms with van der Waals surface area (Å²) in [5, 5.41) is 5.45. The molecular formula is C10H18N2S2. The molecule has 0 aliphatic heterocycles. The van der Waals surface area contributed by atoms with Crippen molar-refractivity contribution < 1.29 is 0 Å². The Morgan fingerprint density at radius 1 is 1.50 bits per heavy atom. The number of unbranched alkanes of at least 4 members (excludes halogenated alkanes) is 1. The van der Waals surface area contributed by atoms with Crippen molar-refractivity contribution in [2.24, 2.45) is 0 Å². The lowest BCUT2D eigenvalue weighted by molar-refractivity contribution is 0.649. The van der Waals surface area contributed by atoms with Crippen LogP contribution in [0.4, 0.5) is 5.69 Å². The summed E-state index contributed by atoms with van der Waals surface area (Å²) in [5.74, 6) is 1.27. The minimum atomic E-state index is 0.919. The van der Waals surface area contributed by atoms with Crippen LogP contribution >= 0.6 is 23.1 Å². The number of hydrogen-bond donors (Lipinski definition) is 2. The van der Waals surface area contributed by atoms with Crippen LogP contribution in [0.25, 0.3) is 0 Å². The van der Waals surface area contributed by atoms with E-state index in [1.54, 1.807) is 11.3 Å². The summed E-state index contributed by atoms with van der Waals surface area (Å²) < 4.78 is 0. The van der Waals surface area contributed by atoms with Gasteiger partial charge in [-0.15, -0.1) is 11.3 Å². The maximum absolute atomic E-state index is 5.77. The molecule has 1 aromatic heterocycles. The molecule has 0 aliphatic rings. The molecule has 0 aromatic carbocycles. The topological polar surface area (TPSA) is 38.0 Å². The van der Waals surface area contributed by atoms with Crippen LogP contribution in [-0.2, 0) is 6.54 Å². The van der Waals surface area contributed by atoms with Crippen molar-refractivity contribution in [3.63, 3.8) is 0 Å². The normalized spacial score (nSPS) is 10.6. The van der Waals surface area contributed by atoms with Gasteiger partial charge in [-0.1, -0.05) is 0 Å². The number of anilines is 1. The first-order valence-corrected chi connectivity index (χ1v) is 7.13. The molecule has 1 rings (SSSR count). The number of hydrogen-bond acceptors (Lipinski definition) is 4. The van der Waals surface area contributed by atoms with Gasteiger partial charge in [-0.3, -0.25) is 0 Å². The van der Waals surface area contributed by atoms with Gasteiger partial charge in [0.05, 0.1) is 0 Å². The molecule has 0 atom stereocenters. The molecule has 4 heteroatoms. The van der Waals surface area contributed by atoms with Gasteiger partial charge in [-0.25, -0.2) is 0 Å². The number of rotatable bonds is 7. The average Bonchev–Trinajstić information content (AvgIpc) is 2.58. The number of thioether (sulfide) groups is 1. The van der Waals surface area contributed by atoms with Gasteiger partial charge >= 0.3 is 0 Å². The highest BCUT2D eigenvalue weighted by Crippen LogP contribution is 2.17. The van der Waals surface area contributed by atoms with Crippen molar-refractivity contribution in [3.05, 3.63) is 16.3 Å². The highest BCUT2D eigenvalue weighted by molar-refractivity contribution is 7.98. The monoisotopic (exact) mass is 230 g/mol. The molecule has 80 valence electrons. The van der Waals surface area contributed by atoms with Gasteiger partial charge in [-0.2, -0.15) is 11.8 Å². The molecular weight excluding hydrogens is 212 g/mol. The predicted molar refractivity (Wildman–Crippen MR) is 68.1 cm³/mol. The van der Waals surface area contributed by atoms with Crippen LogP contribution in [0.5, 0.6) is 0 Å². The second-order valence-corrected chi connectivity index (χ2v) is 5.16. The largest absolute Gasteiger partial charge is 0.398 e. The molecule has 0 radical (unpaired) electrons. The van der Waals surface area contributed by atoms with Crippen molar-refractivity contribution in [2.45, 2.75) is 19.4 Å². The fraction of sp³-hybridized carbons (Fsp3) is 0.600. The minimum Gasteiger partial charge on any atom is -0.398 e. The average molecular weight is 230 g/mol. The van der Waals surface area contributed by atoms with Crippen LogP contribution in [-0.4, -0.2) is 18.6 Å². The quantitative estimate of drug-likeness (QED) is 0.707. The molecule has 0 bridgehead atoms. The van der Waals surface area contributed by atoms with Crippen LogP contribution in [0.2, 0.25) is 0 Å². The Kier molecular flexibility index (Phi) is 6.07. The summed E-state index contributed by atoms with van der Waals surface area (Å²) in [6.45, 7) is 2.01. The Hall–Kier alpha value is -0.190. The fourth-order valence-electron chi connectivity index (χ4n) is 1.19. The Labute approximate surface area is 94.3 Å². The van der Waals surface area contributed by atoms with E-state index >= 15 is 0 Å². The van der Waals surface area contributed by atoms with Gasteiger partial charge in [0.15, 0.2) is 0 Å². The van der Waals surface area contributed by atoms with E-state index in [0.29, 0.717) is 0 Å². The molecule has 0 amide bonds. The maximum atomic E-state index is 5.77. The van der Waals surface area contributed by atoms with Gasteiger partial charge < -0.3 is 11.1 Å². The van der Waals surface area contributed by atoms with Crippen molar-refractivity contribution >= 4 is 28.8 Å². The highest BCUT2D eigenvalue weighted by Gasteiger charge is 1.98. The number of nitrogens with two attached hydrogens (primary N) is 1. The van der Waals surface area contributed by atoms with E-state index < -0.39 is 0 Å². The van der Waals surface area contributed by atoms with Crippen LogP contribution in [0, 0.1) is 0 Å². The van der Waals surface area contributed by atoms with E-state index in [1.807, 2.05) is 23.2 Å². The first kappa shape index (κ1) is 11.9. The third-order valence-electron chi connectivity index (χ3n) is 2.02. The standard InChI is InChI=1S/C10H18N2S2/c1-13-6-3-2-5-12-8-10-9(11)4-7-14-10/h4,7,12H,2-3,5-6,8,11H2,1H3. The van der Waals surface area contributed by atoms with Crippen LogP contribution in [0.3, 0.4) is 0 Å². The second kappa shape index (κ2) is 7.15. The minimum absolute atomic E-state index is 0.919. The molecule has 3 N–H and O–H groups in total. The number of nitrogens with one attached hydrogen (secondary N) is 1. The van der Waals surface area contributed by atoms with E-state index in [1.165, 1.54) is 23.5 Å². The lowest BCUT2D eigenvalue weighted by atomic mass is 10.3. The highest BCUT2D eigenvalue weighted by atomic mass is 32.2. The number of nitrogen functional groups attached to an aromatic ring is 1. The third kappa shape index (κ3) is 4.35. The van der Waals surface area contributed by atoms with E-state index in [-0.39, 0.29) is 0 Å². The molecule has 0 unspecified atom stereocenters. The Balaban J connectivity index is 2.02. The van der Waals surface area contributed by atoms with E-state index in [2.05, 4.69) is 11.6 Å². The van der Waals surface area contributed by atoms with Crippen molar-refractivity contribution in [1.29, 1.82) is 0 Å². The SMILES string of the molecule is CSCCCCNCc1sccc1N. The third-order valence-corrected chi connectivity index (χ3v) is 3.65. The first-order valence-electron chi connectivity index (χ1n) is 4.86. The van der Waals surface area contributed by atoms with Gasteiger partial charge in [0.2, 0.25) is 0 Å². The van der Waals surface area contributed by atoms with E-state index in [0.717, 1.165) is 18.8 Å². The zero-order chi connectivity index (χ0) is 10.2. The van der Waals surface area contributed by atoms with Crippen LogP contribution in [0.1, 0.15) is 17.7 Å². The van der Waals surface area contributed by atoms with Gasteiger partial charge in [0.1, 0.15) is 0 Å². The van der Waals surface area contributed by atoms with Gasteiger partial charge in [-0.05, 0) is 42.8 Å². The zero-order valence-corrected chi connectivity index (χ0v) is 10.2. The van der Waals surface area contributed by atoms with Crippen LogP contribution < -0.4 is 11.1 Å². The molecule has 1 heterocycles. The Morgan fingerprint density at radius 2 is 2.36 bits per heavy atom. The van der Waals surface area contributed by atoms with Gasteiger partial charge in [0.25, 0.3) is 0 Å². The van der Waals surface area contributed by atoms with Crippen molar-refractivity contribution in [2.75, 3.05) is 24.3 Å². The molecule has 1 aromatic rings. The summed E-state index contributed by atoms with van der Waals surface area (Å²) in [7, 11) is 0. The molecule has 0 saturated carbocycles. The van der Waals surface area contributed by atoms with E-state index in [4.69, 9.17) is 5.73 Å². The van der Waals surface area contributed by atoms with Gasteiger partial charge in [0, 0.05) is 17.1 Å². The molecule has 0 spiro atoms. The molecule has 0 fully saturated rings. The van der Waals surface area contributed by atoms with Crippen LogP contribution in [0.15, 0.2) is 11.4 Å². The second-order valence-electron chi connectivity index (χ2n) is 3.18.